The zero-order valence-electron chi connectivity index (χ0n) is 14.3. The van der Waals surface area contributed by atoms with Crippen LogP contribution < -0.4 is 5.32 Å². The van der Waals surface area contributed by atoms with Gasteiger partial charge in [0, 0.05) is 43.8 Å². The average Bonchev–Trinajstić information content (AvgIpc) is 3.16. The maximum atomic E-state index is 4.50. The van der Waals surface area contributed by atoms with Crippen LogP contribution in [0, 0.1) is 5.41 Å². The highest BCUT2D eigenvalue weighted by Crippen LogP contribution is 2.47. The molecule has 0 radical (unpaired) electrons. The molecule has 0 atom stereocenters. The molecule has 2 aromatic rings. The third-order valence-corrected chi connectivity index (χ3v) is 5.72. The molecule has 4 rings (SSSR count). The number of benzene rings is 1. The summed E-state index contributed by atoms with van der Waals surface area (Å²) in [6.07, 6.45) is 8.73. The number of rotatable bonds is 3. The van der Waals surface area contributed by atoms with E-state index >= 15 is 0 Å². The molecular formula is C19H27IN4. The Morgan fingerprint density at radius 3 is 2.83 bits per heavy atom. The predicted molar refractivity (Wildman–Crippen MR) is 111 cm³/mol. The Bertz CT molecular complexity index is 717. The summed E-state index contributed by atoms with van der Waals surface area (Å²) < 4.78 is 0. The van der Waals surface area contributed by atoms with Crippen LogP contribution in [-0.4, -0.2) is 42.5 Å². The van der Waals surface area contributed by atoms with Gasteiger partial charge in [0.2, 0.25) is 0 Å². The monoisotopic (exact) mass is 438 g/mol. The SMILES string of the molecule is CN=C(NCCc1c[nH]c2ccccc12)N1CCC2(CCC2)C1.I. The van der Waals surface area contributed by atoms with Crippen LogP contribution in [0.3, 0.4) is 0 Å². The van der Waals surface area contributed by atoms with Gasteiger partial charge in [-0.15, -0.1) is 24.0 Å². The van der Waals surface area contributed by atoms with Gasteiger partial charge in [0.15, 0.2) is 5.96 Å². The van der Waals surface area contributed by atoms with Gasteiger partial charge in [0.05, 0.1) is 0 Å². The number of guanidine groups is 1. The number of aromatic amines is 1. The molecular weight excluding hydrogens is 411 g/mol. The summed E-state index contributed by atoms with van der Waals surface area (Å²) in [7, 11) is 1.90. The molecule has 130 valence electrons. The minimum absolute atomic E-state index is 0. The zero-order chi connectivity index (χ0) is 15.7. The van der Waals surface area contributed by atoms with Crippen molar-refractivity contribution in [1.29, 1.82) is 0 Å². The Morgan fingerprint density at radius 2 is 2.12 bits per heavy atom. The lowest BCUT2D eigenvalue weighted by molar-refractivity contribution is 0.151. The highest BCUT2D eigenvalue weighted by molar-refractivity contribution is 14.0. The molecule has 0 bridgehead atoms. The van der Waals surface area contributed by atoms with Crippen molar-refractivity contribution in [3.63, 3.8) is 0 Å². The maximum absolute atomic E-state index is 4.50. The predicted octanol–water partition coefficient (Wildman–Crippen LogP) is 3.78. The number of nitrogens with one attached hydrogen (secondary N) is 2. The van der Waals surface area contributed by atoms with Gasteiger partial charge in [-0.2, -0.15) is 0 Å². The van der Waals surface area contributed by atoms with Crippen LogP contribution in [0.2, 0.25) is 0 Å². The van der Waals surface area contributed by atoms with Crippen molar-refractivity contribution < 1.29 is 0 Å². The van der Waals surface area contributed by atoms with Crippen LogP contribution in [0.15, 0.2) is 35.5 Å². The Hall–Kier alpha value is -1.24. The molecule has 2 fully saturated rings. The molecule has 0 unspecified atom stereocenters. The molecule has 2 heterocycles. The number of hydrogen-bond acceptors (Lipinski definition) is 1. The molecule has 1 aliphatic heterocycles. The number of halogens is 1. The van der Waals surface area contributed by atoms with Gasteiger partial charge in [0.25, 0.3) is 0 Å². The lowest BCUT2D eigenvalue weighted by atomic mass is 9.68. The van der Waals surface area contributed by atoms with Gasteiger partial charge in [-0.05, 0) is 42.7 Å². The second kappa shape index (κ2) is 7.33. The first-order chi connectivity index (χ1) is 11.3. The van der Waals surface area contributed by atoms with Gasteiger partial charge in [0.1, 0.15) is 0 Å². The van der Waals surface area contributed by atoms with Crippen molar-refractivity contribution >= 4 is 40.8 Å². The molecule has 1 aromatic carbocycles. The van der Waals surface area contributed by atoms with Crippen molar-refractivity contribution in [2.45, 2.75) is 32.1 Å². The number of nitrogens with zero attached hydrogens (tertiary/aromatic N) is 2. The fourth-order valence-electron chi connectivity index (χ4n) is 4.18. The van der Waals surface area contributed by atoms with Gasteiger partial charge in [-0.1, -0.05) is 24.6 Å². The second-order valence-corrected chi connectivity index (χ2v) is 7.11. The van der Waals surface area contributed by atoms with Crippen molar-refractivity contribution in [2.75, 3.05) is 26.7 Å². The smallest absolute Gasteiger partial charge is 0.193 e. The first-order valence-corrected chi connectivity index (χ1v) is 8.80. The minimum atomic E-state index is 0. The fraction of sp³-hybridized carbons (Fsp3) is 0.526. The Morgan fingerprint density at radius 1 is 1.29 bits per heavy atom. The van der Waals surface area contributed by atoms with Crippen molar-refractivity contribution in [3.8, 4) is 0 Å². The Kier molecular flexibility index (Phi) is 5.37. The molecule has 0 amide bonds. The standard InChI is InChI=1S/C19H26N4.HI/c1-20-18(23-12-10-19(14-23)8-4-9-19)21-11-7-15-13-22-17-6-3-2-5-16(15)17;/h2-3,5-6,13,22H,4,7-12,14H2,1H3,(H,20,21);1H. The highest BCUT2D eigenvalue weighted by atomic mass is 127. The molecule has 1 aliphatic carbocycles. The molecule has 5 heteroatoms. The number of fused-ring (bicyclic) bond motifs is 1. The maximum Gasteiger partial charge on any atom is 0.193 e. The molecule has 1 saturated heterocycles. The third-order valence-electron chi connectivity index (χ3n) is 5.72. The molecule has 1 saturated carbocycles. The first kappa shape index (κ1) is 17.6. The zero-order valence-corrected chi connectivity index (χ0v) is 16.7. The quantitative estimate of drug-likeness (QED) is 0.435. The van der Waals surface area contributed by atoms with E-state index in [1.54, 1.807) is 0 Å². The van der Waals surface area contributed by atoms with Crippen LogP contribution in [0.1, 0.15) is 31.2 Å². The van der Waals surface area contributed by atoms with Crippen molar-refractivity contribution in [1.82, 2.24) is 15.2 Å². The van der Waals surface area contributed by atoms with Gasteiger partial charge in [-0.25, -0.2) is 0 Å². The summed E-state index contributed by atoms with van der Waals surface area (Å²) in [5.74, 6) is 1.08. The van der Waals surface area contributed by atoms with Crippen LogP contribution in [0.5, 0.6) is 0 Å². The van der Waals surface area contributed by atoms with E-state index in [-0.39, 0.29) is 24.0 Å². The second-order valence-electron chi connectivity index (χ2n) is 7.11. The van der Waals surface area contributed by atoms with Gasteiger partial charge in [-0.3, -0.25) is 4.99 Å². The van der Waals surface area contributed by atoms with E-state index in [9.17, 15) is 0 Å². The molecule has 4 nitrogen and oxygen atoms in total. The number of likely N-dealkylation sites (tertiary alicyclic amines) is 1. The average molecular weight is 438 g/mol. The lowest BCUT2D eigenvalue weighted by Crippen LogP contribution is -2.43. The van der Waals surface area contributed by atoms with Gasteiger partial charge < -0.3 is 15.2 Å². The van der Waals surface area contributed by atoms with Crippen LogP contribution >= 0.6 is 24.0 Å². The van der Waals surface area contributed by atoms with E-state index in [1.807, 2.05) is 7.05 Å². The number of aromatic nitrogens is 1. The fourth-order valence-corrected chi connectivity index (χ4v) is 4.18. The van der Waals surface area contributed by atoms with E-state index in [0.29, 0.717) is 5.41 Å². The topological polar surface area (TPSA) is 43.4 Å². The molecule has 24 heavy (non-hydrogen) atoms. The summed E-state index contributed by atoms with van der Waals surface area (Å²) >= 11 is 0. The normalized spacial score (nSPS) is 19.4. The minimum Gasteiger partial charge on any atom is -0.361 e. The first-order valence-electron chi connectivity index (χ1n) is 8.80. The molecule has 1 spiro atoms. The highest BCUT2D eigenvalue weighted by Gasteiger charge is 2.43. The largest absolute Gasteiger partial charge is 0.361 e. The summed E-state index contributed by atoms with van der Waals surface area (Å²) in [5.41, 5.74) is 3.22. The van der Waals surface area contributed by atoms with E-state index in [2.05, 4.69) is 50.7 Å². The number of H-pyrrole nitrogens is 1. The summed E-state index contributed by atoms with van der Waals surface area (Å²) in [4.78, 5) is 10.3. The molecule has 1 aromatic heterocycles. The van der Waals surface area contributed by atoms with Gasteiger partial charge >= 0.3 is 0 Å². The van der Waals surface area contributed by atoms with Crippen LogP contribution in [0.4, 0.5) is 0 Å². The van der Waals surface area contributed by atoms with Crippen molar-refractivity contribution in [3.05, 3.63) is 36.0 Å². The number of aliphatic imine (C=N–C) groups is 1. The molecule has 2 N–H and O–H groups in total. The van der Waals surface area contributed by atoms with Crippen LogP contribution in [0.25, 0.3) is 10.9 Å². The third kappa shape index (κ3) is 3.27. The van der Waals surface area contributed by atoms with Crippen LogP contribution in [-0.2, 0) is 6.42 Å². The Balaban J connectivity index is 0.00000169. The summed E-state index contributed by atoms with van der Waals surface area (Å²) in [6, 6.07) is 8.50. The Labute approximate surface area is 161 Å². The summed E-state index contributed by atoms with van der Waals surface area (Å²) in [5, 5.41) is 4.89. The van der Waals surface area contributed by atoms with Crippen molar-refractivity contribution in [2.24, 2.45) is 10.4 Å². The van der Waals surface area contributed by atoms with E-state index in [1.165, 1.54) is 48.7 Å². The lowest BCUT2D eigenvalue weighted by Gasteiger charge is -2.38. The van der Waals surface area contributed by atoms with E-state index in [0.717, 1.165) is 25.5 Å². The number of hydrogen-bond donors (Lipinski definition) is 2. The summed E-state index contributed by atoms with van der Waals surface area (Å²) in [6.45, 7) is 3.28. The van der Waals surface area contributed by atoms with E-state index < -0.39 is 0 Å². The molecule has 2 aliphatic rings. The number of para-hydroxylation sites is 1. The van der Waals surface area contributed by atoms with E-state index in [4.69, 9.17) is 0 Å².